The topological polar surface area (TPSA) is 57.7 Å². The van der Waals surface area contributed by atoms with Crippen LogP contribution in [0.4, 0.5) is 0 Å². The lowest BCUT2D eigenvalue weighted by Gasteiger charge is -2.35. The molecule has 0 radical (unpaired) electrons. The predicted octanol–water partition coefficient (Wildman–Crippen LogP) is 3.91. The van der Waals surface area contributed by atoms with E-state index >= 15 is 0 Å². The third-order valence-corrected chi connectivity index (χ3v) is 5.93. The summed E-state index contributed by atoms with van der Waals surface area (Å²) in [7, 11) is 0. The molecule has 1 heterocycles. The van der Waals surface area contributed by atoms with E-state index in [1.165, 1.54) is 11.1 Å². The second-order valence-electron chi connectivity index (χ2n) is 8.07. The fraction of sp³-hybridized carbons (Fsp3) is 0.423. The maximum atomic E-state index is 12.5. The lowest BCUT2D eigenvalue weighted by atomic mass is 10.0. The first-order valence-electron chi connectivity index (χ1n) is 11.3. The molecule has 0 saturated carbocycles. The third kappa shape index (κ3) is 6.78. The van der Waals surface area contributed by atoms with Crippen molar-refractivity contribution in [1.82, 2.24) is 9.80 Å². The summed E-state index contributed by atoms with van der Waals surface area (Å²) in [6, 6.07) is 17.8. The number of hydrogen-bond acceptors (Lipinski definition) is 3. The number of Topliss-reactive ketones (excluding diaryl/α,β-unsaturated/α-hetero) is 1. The fourth-order valence-corrected chi connectivity index (χ4v) is 3.90. The van der Waals surface area contributed by atoms with Crippen LogP contribution in [0.1, 0.15) is 54.1 Å². The molecular weight excluding hydrogens is 388 g/mol. The minimum absolute atomic E-state index is 0.00299. The van der Waals surface area contributed by atoms with Gasteiger partial charge in [0.2, 0.25) is 11.8 Å². The molecule has 1 fully saturated rings. The highest BCUT2D eigenvalue weighted by Crippen LogP contribution is 2.12. The third-order valence-electron chi connectivity index (χ3n) is 5.93. The van der Waals surface area contributed by atoms with E-state index in [4.69, 9.17) is 0 Å². The van der Waals surface area contributed by atoms with Crippen molar-refractivity contribution >= 4 is 17.6 Å². The van der Waals surface area contributed by atoms with Gasteiger partial charge in [-0.05, 0) is 30.4 Å². The van der Waals surface area contributed by atoms with Crippen LogP contribution in [0.3, 0.4) is 0 Å². The van der Waals surface area contributed by atoms with Crippen molar-refractivity contribution in [3.8, 4) is 0 Å². The number of carbonyl (C=O) groups excluding carboxylic acids is 3. The number of aryl methyl sites for hydroxylation is 2. The summed E-state index contributed by atoms with van der Waals surface area (Å²) in [6.45, 7) is 4.31. The molecule has 164 valence electrons. The van der Waals surface area contributed by atoms with Gasteiger partial charge < -0.3 is 9.80 Å². The molecule has 0 spiro atoms. The van der Waals surface area contributed by atoms with E-state index < -0.39 is 0 Å². The lowest BCUT2D eigenvalue weighted by Crippen LogP contribution is -2.50. The summed E-state index contributed by atoms with van der Waals surface area (Å²) in [5.74, 6) is 0.159. The van der Waals surface area contributed by atoms with Gasteiger partial charge in [0, 0.05) is 51.0 Å². The smallest absolute Gasteiger partial charge is 0.223 e. The summed E-state index contributed by atoms with van der Waals surface area (Å²) >= 11 is 0. The van der Waals surface area contributed by atoms with Crippen molar-refractivity contribution in [2.75, 3.05) is 26.2 Å². The number of piperazine rings is 1. The van der Waals surface area contributed by atoms with Crippen molar-refractivity contribution in [3.63, 3.8) is 0 Å². The number of ketones is 1. The molecule has 0 unspecified atom stereocenters. The molecule has 1 saturated heterocycles. The summed E-state index contributed by atoms with van der Waals surface area (Å²) in [5.41, 5.74) is 3.11. The average Bonchev–Trinajstić information content (AvgIpc) is 2.83. The first-order valence-corrected chi connectivity index (χ1v) is 11.3. The summed E-state index contributed by atoms with van der Waals surface area (Å²) in [6.07, 6.45) is 3.66. The highest BCUT2D eigenvalue weighted by Gasteiger charge is 2.24. The van der Waals surface area contributed by atoms with Crippen LogP contribution in [-0.2, 0) is 22.4 Å². The molecule has 2 amide bonds. The van der Waals surface area contributed by atoms with E-state index in [0.29, 0.717) is 38.2 Å². The Hall–Kier alpha value is -2.95. The molecule has 5 nitrogen and oxygen atoms in total. The maximum Gasteiger partial charge on any atom is 0.223 e. The monoisotopic (exact) mass is 420 g/mol. The van der Waals surface area contributed by atoms with Gasteiger partial charge in [-0.2, -0.15) is 0 Å². The van der Waals surface area contributed by atoms with Crippen LogP contribution in [-0.4, -0.2) is 53.6 Å². The van der Waals surface area contributed by atoms with Crippen LogP contribution in [0, 0.1) is 0 Å². The van der Waals surface area contributed by atoms with Crippen molar-refractivity contribution in [1.29, 1.82) is 0 Å². The number of rotatable bonds is 9. The highest BCUT2D eigenvalue weighted by atomic mass is 16.2. The van der Waals surface area contributed by atoms with Gasteiger partial charge in [0.15, 0.2) is 5.78 Å². The summed E-state index contributed by atoms with van der Waals surface area (Å²) in [4.78, 5) is 41.0. The molecule has 3 rings (SSSR count). The molecule has 1 aliphatic rings. The summed E-state index contributed by atoms with van der Waals surface area (Å²) < 4.78 is 0. The van der Waals surface area contributed by atoms with Gasteiger partial charge >= 0.3 is 0 Å². The molecular formula is C26H32N2O3. The van der Waals surface area contributed by atoms with Gasteiger partial charge in [0.1, 0.15) is 0 Å². The van der Waals surface area contributed by atoms with Crippen molar-refractivity contribution in [3.05, 3.63) is 71.3 Å². The molecule has 0 atom stereocenters. The van der Waals surface area contributed by atoms with Crippen LogP contribution >= 0.6 is 0 Å². The number of benzene rings is 2. The fourth-order valence-electron chi connectivity index (χ4n) is 3.90. The van der Waals surface area contributed by atoms with Gasteiger partial charge in [0.25, 0.3) is 0 Å². The zero-order valence-electron chi connectivity index (χ0n) is 18.4. The van der Waals surface area contributed by atoms with Gasteiger partial charge in [0.05, 0.1) is 0 Å². The van der Waals surface area contributed by atoms with Gasteiger partial charge in [-0.1, -0.05) is 61.5 Å². The van der Waals surface area contributed by atoms with Crippen LogP contribution < -0.4 is 0 Å². The normalized spacial score (nSPS) is 13.8. The van der Waals surface area contributed by atoms with Gasteiger partial charge in [-0.15, -0.1) is 0 Å². The molecule has 0 N–H and O–H groups in total. The number of nitrogens with zero attached hydrogens (tertiary/aromatic N) is 2. The molecule has 0 bridgehead atoms. The summed E-state index contributed by atoms with van der Waals surface area (Å²) in [5, 5.41) is 0. The second kappa shape index (κ2) is 11.4. The van der Waals surface area contributed by atoms with Crippen molar-refractivity contribution in [2.24, 2.45) is 0 Å². The zero-order chi connectivity index (χ0) is 22.1. The molecule has 2 aromatic carbocycles. The van der Waals surface area contributed by atoms with E-state index in [1.54, 1.807) is 4.90 Å². The highest BCUT2D eigenvalue weighted by molar-refractivity contribution is 5.98. The molecule has 1 aliphatic heterocycles. The standard InChI is InChI=1S/C26H32N2O3/c1-2-21-11-13-23(14-12-21)24(29)15-16-26(31)28-19-17-27(18-20-28)25(30)10-6-9-22-7-4-3-5-8-22/h3-5,7-8,11-14H,2,6,9-10,15-20H2,1H3. The molecule has 2 aromatic rings. The molecule has 5 heteroatoms. The van der Waals surface area contributed by atoms with E-state index in [-0.39, 0.29) is 30.4 Å². The Kier molecular flexibility index (Phi) is 8.39. The minimum Gasteiger partial charge on any atom is -0.339 e. The number of amides is 2. The number of hydrogen-bond donors (Lipinski definition) is 0. The van der Waals surface area contributed by atoms with Crippen molar-refractivity contribution < 1.29 is 14.4 Å². The quantitative estimate of drug-likeness (QED) is 0.578. The van der Waals surface area contributed by atoms with Crippen LogP contribution in [0.2, 0.25) is 0 Å². The lowest BCUT2D eigenvalue weighted by molar-refractivity contribution is -0.139. The Morgan fingerprint density at radius 2 is 1.29 bits per heavy atom. The number of carbonyl (C=O) groups is 3. The predicted molar refractivity (Wildman–Crippen MR) is 122 cm³/mol. The van der Waals surface area contributed by atoms with E-state index in [9.17, 15) is 14.4 Å². The Balaban J connectivity index is 1.35. The first-order chi connectivity index (χ1) is 15.1. The van der Waals surface area contributed by atoms with Crippen molar-refractivity contribution in [2.45, 2.75) is 45.4 Å². The zero-order valence-corrected chi connectivity index (χ0v) is 18.4. The van der Waals surface area contributed by atoms with E-state index in [1.807, 2.05) is 47.4 Å². The Labute approximate surface area is 185 Å². The van der Waals surface area contributed by atoms with Crippen LogP contribution in [0.15, 0.2) is 54.6 Å². The van der Waals surface area contributed by atoms with Crippen LogP contribution in [0.25, 0.3) is 0 Å². The Bertz CT molecular complexity index is 869. The average molecular weight is 421 g/mol. The van der Waals surface area contributed by atoms with Gasteiger partial charge in [-0.3, -0.25) is 14.4 Å². The first kappa shape index (κ1) is 22.7. The largest absolute Gasteiger partial charge is 0.339 e. The molecule has 31 heavy (non-hydrogen) atoms. The Morgan fingerprint density at radius 1 is 0.710 bits per heavy atom. The molecule has 0 aromatic heterocycles. The minimum atomic E-state index is -0.00490. The Morgan fingerprint density at radius 3 is 1.87 bits per heavy atom. The van der Waals surface area contributed by atoms with E-state index in [0.717, 1.165) is 19.3 Å². The van der Waals surface area contributed by atoms with Crippen LogP contribution in [0.5, 0.6) is 0 Å². The molecule has 0 aliphatic carbocycles. The SMILES string of the molecule is CCc1ccc(C(=O)CCC(=O)N2CCN(C(=O)CCCc3ccccc3)CC2)cc1. The maximum absolute atomic E-state index is 12.5. The van der Waals surface area contributed by atoms with Gasteiger partial charge in [-0.25, -0.2) is 0 Å². The van der Waals surface area contributed by atoms with E-state index in [2.05, 4.69) is 19.1 Å². The second-order valence-corrected chi connectivity index (χ2v) is 8.07.